The number of carbonyl (C=O) groups excluding carboxylic acids is 1. The summed E-state index contributed by atoms with van der Waals surface area (Å²) in [5.74, 6) is -0.0549. The first-order valence-corrected chi connectivity index (χ1v) is 8.85. The summed E-state index contributed by atoms with van der Waals surface area (Å²) in [5.41, 5.74) is 2.40. The molecule has 0 bridgehead atoms. The van der Waals surface area contributed by atoms with E-state index in [2.05, 4.69) is 22.7 Å². The first-order valence-electron chi connectivity index (χ1n) is 8.47. The second kappa shape index (κ2) is 8.70. The lowest BCUT2D eigenvalue weighted by molar-refractivity contribution is 0.0919. The second-order valence-corrected chi connectivity index (χ2v) is 6.65. The number of piperidine rings is 1. The number of halogens is 2. The fourth-order valence-corrected chi connectivity index (χ4v) is 3.41. The zero-order chi connectivity index (χ0) is 17.1. The van der Waals surface area contributed by atoms with Crippen LogP contribution < -0.4 is 10.6 Å². The van der Waals surface area contributed by atoms with Gasteiger partial charge in [0.25, 0.3) is 5.91 Å². The minimum absolute atomic E-state index is 0. The molecular formula is C18H24Cl2N4O. The highest BCUT2D eigenvalue weighted by Crippen LogP contribution is 2.19. The summed E-state index contributed by atoms with van der Waals surface area (Å²) in [6.45, 7) is 5.15. The van der Waals surface area contributed by atoms with E-state index in [-0.39, 0.29) is 30.4 Å². The number of rotatable bonds is 4. The van der Waals surface area contributed by atoms with Crippen LogP contribution in [0.2, 0.25) is 5.02 Å². The summed E-state index contributed by atoms with van der Waals surface area (Å²) < 4.78 is 1.79. The lowest BCUT2D eigenvalue weighted by Crippen LogP contribution is -2.52. The molecule has 2 unspecified atom stereocenters. The van der Waals surface area contributed by atoms with Crippen LogP contribution in [0.5, 0.6) is 0 Å². The molecular weight excluding hydrogens is 359 g/mol. The van der Waals surface area contributed by atoms with Crippen molar-refractivity contribution in [3.8, 4) is 5.69 Å². The third-order valence-corrected chi connectivity index (χ3v) is 4.81. The van der Waals surface area contributed by atoms with Gasteiger partial charge >= 0.3 is 0 Å². The molecule has 1 aromatic carbocycles. The largest absolute Gasteiger partial charge is 0.348 e. The van der Waals surface area contributed by atoms with Crippen molar-refractivity contribution < 1.29 is 4.79 Å². The van der Waals surface area contributed by atoms with Gasteiger partial charge in [-0.15, -0.1) is 12.4 Å². The number of aromatic nitrogens is 2. The van der Waals surface area contributed by atoms with Crippen LogP contribution in [0.4, 0.5) is 0 Å². The van der Waals surface area contributed by atoms with Gasteiger partial charge in [0.1, 0.15) is 0 Å². The molecule has 2 heterocycles. The van der Waals surface area contributed by atoms with Crippen molar-refractivity contribution in [3.05, 3.63) is 46.7 Å². The van der Waals surface area contributed by atoms with Crippen LogP contribution in [0, 0.1) is 0 Å². The monoisotopic (exact) mass is 382 g/mol. The molecule has 5 nitrogen and oxygen atoms in total. The number of hydrogen-bond acceptors (Lipinski definition) is 3. The quantitative estimate of drug-likeness (QED) is 0.851. The van der Waals surface area contributed by atoms with Gasteiger partial charge < -0.3 is 10.6 Å². The maximum absolute atomic E-state index is 12.7. The SMILES string of the molecule is CCc1c(C(=O)NC2CCCNC2C)cnn1-c1cccc(Cl)c1.Cl. The van der Waals surface area contributed by atoms with Gasteiger partial charge in [-0.2, -0.15) is 5.10 Å². The lowest BCUT2D eigenvalue weighted by atomic mass is 9.99. The van der Waals surface area contributed by atoms with E-state index in [1.165, 1.54) is 0 Å². The number of benzene rings is 1. The van der Waals surface area contributed by atoms with Crippen molar-refractivity contribution in [2.45, 2.75) is 45.2 Å². The van der Waals surface area contributed by atoms with Crippen LogP contribution >= 0.6 is 24.0 Å². The first-order chi connectivity index (χ1) is 11.6. The molecule has 2 atom stereocenters. The van der Waals surface area contributed by atoms with Crippen molar-refractivity contribution in [2.24, 2.45) is 0 Å². The average molecular weight is 383 g/mol. The number of nitrogens with one attached hydrogen (secondary N) is 2. The predicted octanol–water partition coefficient (Wildman–Crippen LogP) is 3.38. The van der Waals surface area contributed by atoms with Gasteiger partial charge in [0.05, 0.1) is 23.1 Å². The van der Waals surface area contributed by atoms with Gasteiger partial charge in [0, 0.05) is 17.1 Å². The summed E-state index contributed by atoms with van der Waals surface area (Å²) in [7, 11) is 0. The maximum Gasteiger partial charge on any atom is 0.255 e. The van der Waals surface area contributed by atoms with Gasteiger partial charge in [-0.3, -0.25) is 4.79 Å². The van der Waals surface area contributed by atoms with E-state index < -0.39 is 0 Å². The lowest BCUT2D eigenvalue weighted by Gasteiger charge is -2.30. The molecule has 1 aromatic heterocycles. The van der Waals surface area contributed by atoms with E-state index in [1.54, 1.807) is 10.9 Å². The van der Waals surface area contributed by atoms with Crippen LogP contribution in [0.3, 0.4) is 0 Å². The van der Waals surface area contributed by atoms with Crippen LogP contribution in [0.1, 0.15) is 42.7 Å². The number of hydrogen-bond donors (Lipinski definition) is 2. The minimum Gasteiger partial charge on any atom is -0.348 e. The van der Waals surface area contributed by atoms with Crippen LogP contribution in [-0.4, -0.2) is 34.3 Å². The molecule has 0 aliphatic carbocycles. The second-order valence-electron chi connectivity index (χ2n) is 6.22. The molecule has 3 rings (SSSR count). The van der Waals surface area contributed by atoms with Crippen molar-refractivity contribution in [1.29, 1.82) is 0 Å². The van der Waals surface area contributed by atoms with E-state index in [0.717, 1.165) is 30.8 Å². The van der Waals surface area contributed by atoms with E-state index in [9.17, 15) is 4.79 Å². The van der Waals surface area contributed by atoms with Crippen molar-refractivity contribution in [1.82, 2.24) is 20.4 Å². The molecule has 136 valence electrons. The summed E-state index contributed by atoms with van der Waals surface area (Å²) in [4.78, 5) is 12.7. The summed E-state index contributed by atoms with van der Waals surface area (Å²) in [6.07, 6.45) is 4.45. The molecule has 1 amide bonds. The van der Waals surface area contributed by atoms with Gasteiger partial charge in [0.2, 0.25) is 0 Å². The zero-order valence-corrected chi connectivity index (χ0v) is 16.0. The average Bonchev–Trinajstić information content (AvgIpc) is 3.01. The van der Waals surface area contributed by atoms with E-state index >= 15 is 0 Å². The molecule has 25 heavy (non-hydrogen) atoms. The van der Waals surface area contributed by atoms with Gasteiger partial charge in [-0.25, -0.2) is 4.68 Å². The molecule has 0 radical (unpaired) electrons. The third-order valence-electron chi connectivity index (χ3n) is 4.58. The highest BCUT2D eigenvalue weighted by atomic mass is 35.5. The number of carbonyl (C=O) groups is 1. The van der Waals surface area contributed by atoms with E-state index in [0.29, 0.717) is 17.0 Å². The Morgan fingerprint density at radius 1 is 1.48 bits per heavy atom. The van der Waals surface area contributed by atoms with Gasteiger partial charge in [-0.1, -0.05) is 24.6 Å². The highest BCUT2D eigenvalue weighted by Gasteiger charge is 2.25. The molecule has 7 heteroatoms. The number of nitrogens with zero attached hydrogens (tertiary/aromatic N) is 2. The third kappa shape index (κ3) is 4.35. The van der Waals surface area contributed by atoms with Crippen LogP contribution in [0.15, 0.2) is 30.5 Å². The molecule has 2 N–H and O–H groups in total. The van der Waals surface area contributed by atoms with E-state index in [1.807, 2.05) is 31.2 Å². The summed E-state index contributed by atoms with van der Waals surface area (Å²) in [5, 5.41) is 11.6. The first kappa shape index (κ1) is 19.8. The van der Waals surface area contributed by atoms with Crippen LogP contribution in [0.25, 0.3) is 5.69 Å². The highest BCUT2D eigenvalue weighted by molar-refractivity contribution is 6.30. The Hall–Kier alpha value is -1.56. The molecule has 1 aliphatic rings. The summed E-state index contributed by atoms with van der Waals surface area (Å²) in [6, 6.07) is 7.94. The van der Waals surface area contributed by atoms with Gasteiger partial charge in [0.15, 0.2) is 0 Å². The Morgan fingerprint density at radius 3 is 2.96 bits per heavy atom. The Kier molecular flexibility index (Phi) is 6.87. The van der Waals surface area contributed by atoms with Gasteiger partial charge in [-0.05, 0) is 50.9 Å². The van der Waals surface area contributed by atoms with Crippen molar-refractivity contribution in [3.63, 3.8) is 0 Å². The number of amides is 1. The Balaban J connectivity index is 0.00000225. The smallest absolute Gasteiger partial charge is 0.255 e. The molecule has 0 spiro atoms. The maximum atomic E-state index is 12.7. The minimum atomic E-state index is -0.0549. The summed E-state index contributed by atoms with van der Waals surface area (Å²) >= 11 is 6.08. The fourth-order valence-electron chi connectivity index (χ4n) is 3.22. The Labute approximate surface area is 159 Å². The normalized spacial score (nSPS) is 20.0. The topological polar surface area (TPSA) is 59.0 Å². The molecule has 1 saturated heterocycles. The molecule has 1 aliphatic heterocycles. The predicted molar refractivity (Wildman–Crippen MR) is 103 cm³/mol. The standard InChI is InChI=1S/C18H23ClN4O.ClH/c1-3-17-15(18(24)22-16-8-5-9-20-12(16)2)11-21-23(17)14-7-4-6-13(19)10-14;/h4,6-7,10-12,16,20H,3,5,8-9H2,1-2H3,(H,22,24);1H. The zero-order valence-electron chi connectivity index (χ0n) is 14.5. The Bertz CT molecular complexity index is 732. The molecule has 2 aromatic rings. The fraction of sp³-hybridized carbons (Fsp3) is 0.444. The van der Waals surface area contributed by atoms with Crippen LogP contribution in [-0.2, 0) is 6.42 Å². The van der Waals surface area contributed by atoms with Crippen molar-refractivity contribution >= 4 is 29.9 Å². The Morgan fingerprint density at radius 2 is 2.28 bits per heavy atom. The van der Waals surface area contributed by atoms with Crippen molar-refractivity contribution in [2.75, 3.05) is 6.54 Å². The van der Waals surface area contributed by atoms with E-state index in [4.69, 9.17) is 11.6 Å². The molecule has 0 saturated carbocycles. The molecule has 1 fully saturated rings.